The van der Waals surface area contributed by atoms with Crippen molar-refractivity contribution >= 4 is 17.4 Å². The Morgan fingerprint density at radius 2 is 2.18 bits per heavy atom. The predicted octanol–water partition coefficient (Wildman–Crippen LogP) is 0.968. The number of carbonyl (C=O) groups is 1. The third-order valence-corrected chi connectivity index (χ3v) is 2.43. The first-order valence-corrected chi connectivity index (χ1v) is 5.71. The Bertz CT molecular complexity index is 379. The molecule has 1 amide bonds. The summed E-state index contributed by atoms with van der Waals surface area (Å²) in [4.78, 5) is 19.5. The number of nitrogen functional groups attached to an aromatic ring is 1. The molecule has 0 spiro atoms. The summed E-state index contributed by atoms with van der Waals surface area (Å²) in [5.41, 5.74) is 6.48. The van der Waals surface area contributed by atoms with E-state index in [1.165, 1.54) is 0 Å². The number of likely N-dealkylation sites (N-methyl/N-ethyl adjacent to an activating group) is 1. The van der Waals surface area contributed by atoms with Crippen molar-refractivity contribution in [3.63, 3.8) is 0 Å². The van der Waals surface area contributed by atoms with Crippen molar-refractivity contribution in [3.8, 4) is 0 Å². The van der Waals surface area contributed by atoms with Crippen LogP contribution in [0.3, 0.4) is 0 Å². The second kappa shape index (κ2) is 6.08. The zero-order chi connectivity index (χ0) is 12.8. The predicted molar refractivity (Wildman–Crippen MR) is 69.8 cm³/mol. The third-order valence-electron chi connectivity index (χ3n) is 2.43. The summed E-state index contributed by atoms with van der Waals surface area (Å²) in [5, 5.41) is 0. The summed E-state index contributed by atoms with van der Waals surface area (Å²) >= 11 is 0. The highest BCUT2D eigenvalue weighted by atomic mass is 16.2. The Kier molecular flexibility index (Phi) is 4.75. The molecule has 2 N–H and O–H groups in total. The molecule has 0 radical (unpaired) electrons. The van der Waals surface area contributed by atoms with Crippen LogP contribution in [0.4, 0.5) is 11.5 Å². The minimum atomic E-state index is 0.0449. The minimum Gasteiger partial charge on any atom is -0.396 e. The molecule has 94 valence electrons. The zero-order valence-electron chi connectivity index (χ0n) is 10.7. The van der Waals surface area contributed by atoms with E-state index in [4.69, 9.17) is 5.73 Å². The van der Waals surface area contributed by atoms with Gasteiger partial charge in [-0.05, 0) is 18.6 Å². The monoisotopic (exact) mass is 236 g/mol. The van der Waals surface area contributed by atoms with Crippen LogP contribution in [0.15, 0.2) is 18.3 Å². The van der Waals surface area contributed by atoms with Crippen LogP contribution < -0.4 is 10.6 Å². The van der Waals surface area contributed by atoms with Gasteiger partial charge in [0.1, 0.15) is 0 Å². The minimum absolute atomic E-state index is 0.0449. The molecule has 0 fully saturated rings. The van der Waals surface area contributed by atoms with Crippen molar-refractivity contribution in [3.05, 3.63) is 18.3 Å². The van der Waals surface area contributed by atoms with E-state index in [-0.39, 0.29) is 5.91 Å². The smallest absolute Gasteiger partial charge is 0.241 e. The van der Waals surface area contributed by atoms with Crippen LogP contribution in [0.1, 0.15) is 13.3 Å². The van der Waals surface area contributed by atoms with Gasteiger partial charge in [0.25, 0.3) is 0 Å². The average molecular weight is 236 g/mol. The fourth-order valence-corrected chi connectivity index (χ4v) is 1.51. The number of aromatic nitrogens is 1. The number of carbonyl (C=O) groups excluding carboxylic acids is 1. The Morgan fingerprint density at radius 1 is 1.47 bits per heavy atom. The van der Waals surface area contributed by atoms with Crippen molar-refractivity contribution in [2.45, 2.75) is 13.3 Å². The number of nitrogens with two attached hydrogens (primary N) is 1. The van der Waals surface area contributed by atoms with Crippen molar-refractivity contribution in [2.24, 2.45) is 0 Å². The fraction of sp³-hybridized carbons (Fsp3) is 0.500. The summed E-state index contributed by atoms with van der Waals surface area (Å²) in [6, 6.07) is 3.59. The SMILES string of the molecule is CCCN(CC(=O)N(C)C)c1ncccc1N. The van der Waals surface area contributed by atoms with E-state index in [0.29, 0.717) is 18.1 Å². The Morgan fingerprint density at radius 3 is 2.71 bits per heavy atom. The number of pyridine rings is 1. The van der Waals surface area contributed by atoms with Gasteiger partial charge in [0.05, 0.1) is 12.2 Å². The summed E-state index contributed by atoms with van der Waals surface area (Å²) in [7, 11) is 3.49. The fourth-order valence-electron chi connectivity index (χ4n) is 1.51. The van der Waals surface area contributed by atoms with E-state index in [1.807, 2.05) is 4.90 Å². The van der Waals surface area contributed by atoms with E-state index in [0.717, 1.165) is 13.0 Å². The van der Waals surface area contributed by atoms with Crippen LogP contribution >= 0.6 is 0 Å². The molecule has 1 aromatic rings. The lowest BCUT2D eigenvalue weighted by atomic mass is 10.3. The summed E-state index contributed by atoms with van der Waals surface area (Å²) in [6.07, 6.45) is 2.63. The highest BCUT2D eigenvalue weighted by molar-refractivity contribution is 5.81. The lowest BCUT2D eigenvalue weighted by Crippen LogP contribution is -2.37. The second-order valence-corrected chi connectivity index (χ2v) is 4.13. The Labute approximate surface area is 102 Å². The van der Waals surface area contributed by atoms with Crippen LogP contribution in [0.5, 0.6) is 0 Å². The largest absolute Gasteiger partial charge is 0.396 e. The van der Waals surface area contributed by atoms with E-state index >= 15 is 0 Å². The quantitative estimate of drug-likeness (QED) is 0.827. The standard InChI is InChI=1S/C12H20N4O/c1-4-8-16(9-11(17)15(2)3)12-10(13)6-5-7-14-12/h5-7H,4,8-9,13H2,1-3H3. The van der Waals surface area contributed by atoms with Gasteiger partial charge in [-0.25, -0.2) is 4.98 Å². The number of hydrogen-bond acceptors (Lipinski definition) is 4. The molecular formula is C12H20N4O. The molecule has 5 heteroatoms. The van der Waals surface area contributed by atoms with Crippen molar-refractivity contribution in [1.29, 1.82) is 0 Å². The van der Waals surface area contributed by atoms with Crippen LogP contribution in [0.2, 0.25) is 0 Å². The van der Waals surface area contributed by atoms with Gasteiger partial charge in [-0.1, -0.05) is 6.92 Å². The van der Waals surface area contributed by atoms with Gasteiger partial charge in [0.2, 0.25) is 5.91 Å². The van der Waals surface area contributed by atoms with Gasteiger partial charge in [-0.15, -0.1) is 0 Å². The number of hydrogen-bond donors (Lipinski definition) is 1. The number of nitrogens with zero attached hydrogens (tertiary/aromatic N) is 3. The van der Waals surface area contributed by atoms with Crippen LogP contribution in [0, 0.1) is 0 Å². The van der Waals surface area contributed by atoms with Crippen molar-refractivity contribution in [1.82, 2.24) is 9.88 Å². The molecule has 0 aliphatic heterocycles. The first-order valence-electron chi connectivity index (χ1n) is 5.71. The van der Waals surface area contributed by atoms with E-state index in [2.05, 4.69) is 11.9 Å². The molecule has 0 bridgehead atoms. The molecule has 0 unspecified atom stereocenters. The second-order valence-electron chi connectivity index (χ2n) is 4.13. The number of anilines is 2. The topological polar surface area (TPSA) is 62.5 Å². The molecule has 1 heterocycles. The van der Waals surface area contributed by atoms with Crippen molar-refractivity contribution < 1.29 is 4.79 Å². The van der Waals surface area contributed by atoms with Crippen LogP contribution in [-0.2, 0) is 4.79 Å². The lowest BCUT2D eigenvalue weighted by Gasteiger charge is -2.25. The number of amides is 1. The molecule has 17 heavy (non-hydrogen) atoms. The molecule has 5 nitrogen and oxygen atoms in total. The van der Waals surface area contributed by atoms with Crippen LogP contribution in [-0.4, -0.2) is 43.0 Å². The first-order chi connectivity index (χ1) is 8.06. The molecule has 0 aliphatic rings. The highest BCUT2D eigenvalue weighted by Crippen LogP contribution is 2.19. The van der Waals surface area contributed by atoms with Gasteiger partial charge in [0.15, 0.2) is 5.82 Å². The summed E-state index contributed by atoms with van der Waals surface area (Å²) in [6.45, 7) is 3.13. The van der Waals surface area contributed by atoms with E-state index in [1.54, 1.807) is 37.3 Å². The Balaban J connectivity index is 2.86. The van der Waals surface area contributed by atoms with Gasteiger partial charge in [-0.2, -0.15) is 0 Å². The molecule has 1 rings (SSSR count). The lowest BCUT2D eigenvalue weighted by molar-refractivity contribution is -0.127. The molecule has 0 aliphatic carbocycles. The molecule has 0 saturated carbocycles. The van der Waals surface area contributed by atoms with Gasteiger partial charge >= 0.3 is 0 Å². The maximum Gasteiger partial charge on any atom is 0.241 e. The Hall–Kier alpha value is -1.78. The van der Waals surface area contributed by atoms with Gasteiger partial charge in [0, 0.05) is 26.8 Å². The average Bonchev–Trinajstić information content (AvgIpc) is 2.29. The van der Waals surface area contributed by atoms with Crippen molar-refractivity contribution in [2.75, 3.05) is 37.8 Å². The normalized spacial score (nSPS) is 10.1. The van der Waals surface area contributed by atoms with E-state index in [9.17, 15) is 4.79 Å². The first kappa shape index (κ1) is 13.3. The highest BCUT2D eigenvalue weighted by Gasteiger charge is 2.15. The molecule has 0 saturated heterocycles. The molecule has 1 aromatic heterocycles. The third kappa shape index (κ3) is 3.62. The van der Waals surface area contributed by atoms with Crippen LogP contribution in [0.25, 0.3) is 0 Å². The maximum atomic E-state index is 11.7. The molecular weight excluding hydrogens is 216 g/mol. The maximum absolute atomic E-state index is 11.7. The summed E-state index contributed by atoms with van der Waals surface area (Å²) < 4.78 is 0. The summed E-state index contributed by atoms with van der Waals surface area (Å²) in [5.74, 6) is 0.730. The van der Waals surface area contributed by atoms with Gasteiger partial charge < -0.3 is 15.5 Å². The molecule has 0 aromatic carbocycles. The van der Waals surface area contributed by atoms with E-state index < -0.39 is 0 Å². The number of rotatable bonds is 5. The molecule has 0 atom stereocenters. The zero-order valence-corrected chi connectivity index (χ0v) is 10.7. The van der Waals surface area contributed by atoms with Gasteiger partial charge in [-0.3, -0.25) is 4.79 Å².